The Morgan fingerprint density at radius 1 is 1.43 bits per heavy atom. The van der Waals surface area contributed by atoms with Crippen molar-refractivity contribution in [1.29, 1.82) is 0 Å². The van der Waals surface area contributed by atoms with Gasteiger partial charge in [0.05, 0.1) is 10.6 Å². The van der Waals surface area contributed by atoms with Crippen LogP contribution < -0.4 is 10.6 Å². The molecular weight excluding hydrogens is 296 g/mol. The van der Waals surface area contributed by atoms with Gasteiger partial charge in [-0.25, -0.2) is 13.8 Å². The third-order valence-electron chi connectivity index (χ3n) is 3.58. The van der Waals surface area contributed by atoms with E-state index in [1.165, 1.54) is 6.07 Å². The molecule has 0 spiro atoms. The smallest absolute Gasteiger partial charge is 0.230 e. The van der Waals surface area contributed by atoms with Crippen LogP contribution in [0.25, 0.3) is 10.2 Å². The topological polar surface area (TPSA) is 54.0 Å². The molecule has 1 aromatic carbocycles. The van der Waals surface area contributed by atoms with Gasteiger partial charge in [-0.15, -0.1) is 0 Å². The van der Waals surface area contributed by atoms with Crippen molar-refractivity contribution in [2.75, 3.05) is 18.4 Å². The highest BCUT2D eigenvalue weighted by Gasteiger charge is 2.25. The van der Waals surface area contributed by atoms with E-state index in [9.17, 15) is 13.6 Å². The van der Waals surface area contributed by atoms with Crippen molar-refractivity contribution in [3.05, 3.63) is 23.8 Å². The molecule has 0 bridgehead atoms. The van der Waals surface area contributed by atoms with Gasteiger partial charge >= 0.3 is 0 Å². The number of nitrogens with one attached hydrogen (secondary N) is 2. The predicted molar refractivity (Wildman–Crippen MR) is 78.3 cm³/mol. The van der Waals surface area contributed by atoms with E-state index in [2.05, 4.69) is 22.5 Å². The van der Waals surface area contributed by atoms with Crippen LogP contribution in [0.15, 0.2) is 12.1 Å². The molecule has 0 aliphatic carbocycles. The fourth-order valence-corrected chi connectivity index (χ4v) is 3.48. The van der Waals surface area contributed by atoms with Crippen molar-refractivity contribution in [2.24, 2.45) is 11.8 Å². The minimum atomic E-state index is -0.713. The molecule has 21 heavy (non-hydrogen) atoms. The van der Waals surface area contributed by atoms with Gasteiger partial charge in [-0.05, 0) is 24.9 Å². The minimum absolute atomic E-state index is 0.0897. The van der Waals surface area contributed by atoms with E-state index in [4.69, 9.17) is 0 Å². The standard InChI is InChI=1S/C14H15F2N3OS/c1-7-2-8(6-17-5-7)13(20)19-14-18-12-10(16)3-9(15)4-11(12)21-14/h3-4,7-8,17H,2,5-6H2,1H3,(H,18,19,20). The first kappa shape index (κ1) is 14.3. The van der Waals surface area contributed by atoms with E-state index in [-0.39, 0.29) is 17.3 Å². The Bertz CT molecular complexity index is 688. The quantitative estimate of drug-likeness (QED) is 0.896. The number of hydrogen-bond donors (Lipinski definition) is 2. The summed E-state index contributed by atoms with van der Waals surface area (Å²) < 4.78 is 27.1. The van der Waals surface area contributed by atoms with Gasteiger partial charge in [-0.2, -0.15) is 0 Å². The third-order valence-corrected chi connectivity index (χ3v) is 4.50. The summed E-state index contributed by atoms with van der Waals surface area (Å²) in [6.07, 6.45) is 0.812. The highest BCUT2D eigenvalue weighted by atomic mass is 32.1. The summed E-state index contributed by atoms with van der Waals surface area (Å²) >= 11 is 1.08. The summed E-state index contributed by atoms with van der Waals surface area (Å²) in [6.45, 7) is 3.63. The van der Waals surface area contributed by atoms with Crippen LogP contribution in [0.5, 0.6) is 0 Å². The van der Waals surface area contributed by atoms with Crippen molar-refractivity contribution in [3.8, 4) is 0 Å². The molecule has 0 radical (unpaired) electrons. The molecule has 7 heteroatoms. The van der Waals surface area contributed by atoms with Gasteiger partial charge in [-0.1, -0.05) is 18.3 Å². The molecule has 2 atom stereocenters. The van der Waals surface area contributed by atoms with Gasteiger partial charge in [0, 0.05) is 12.6 Å². The lowest BCUT2D eigenvalue weighted by molar-refractivity contribution is -0.120. The highest BCUT2D eigenvalue weighted by molar-refractivity contribution is 7.22. The highest BCUT2D eigenvalue weighted by Crippen LogP contribution is 2.29. The first-order valence-electron chi connectivity index (χ1n) is 6.80. The number of benzene rings is 1. The van der Waals surface area contributed by atoms with Crippen LogP contribution >= 0.6 is 11.3 Å². The van der Waals surface area contributed by atoms with Gasteiger partial charge in [0.25, 0.3) is 0 Å². The van der Waals surface area contributed by atoms with E-state index >= 15 is 0 Å². The van der Waals surface area contributed by atoms with Crippen LogP contribution in [0.4, 0.5) is 13.9 Å². The van der Waals surface area contributed by atoms with Crippen LogP contribution in [0.3, 0.4) is 0 Å². The van der Waals surface area contributed by atoms with Crippen molar-refractivity contribution >= 4 is 32.6 Å². The van der Waals surface area contributed by atoms with Gasteiger partial charge in [0.1, 0.15) is 11.3 Å². The summed E-state index contributed by atoms with van der Waals surface area (Å²) in [5, 5.41) is 6.22. The van der Waals surface area contributed by atoms with Crippen molar-refractivity contribution in [2.45, 2.75) is 13.3 Å². The number of nitrogens with zero attached hydrogens (tertiary/aromatic N) is 1. The summed E-state index contributed by atoms with van der Waals surface area (Å²) in [4.78, 5) is 16.2. The summed E-state index contributed by atoms with van der Waals surface area (Å²) in [6, 6.07) is 2.01. The molecule has 0 saturated carbocycles. The number of thiazole rings is 1. The van der Waals surface area contributed by atoms with E-state index < -0.39 is 11.6 Å². The molecule has 1 fully saturated rings. The zero-order valence-corrected chi connectivity index (χ0v) is 12.3. The average molecular weight is 311 g/mol. The fraction of sp³-hybridized carbons (Fsp3) is 0.429. The number of amides is 1. The van der Waals surface area contributed by atoms with Crippen molar-refractivity contribution in [1.82, 2.24) is 10.3 Å². The lowest BCUT2D eigenvalue weighted by Gasteiger charge is -2.26. The molecule has 3 rings (SSSR count). The largest absolute Gasteiger partial charge is 0.316 e. The zero-order chi connectivity index (χ0) is 15.0. The Balaban J connectivity index is 1.78. The number of aromatic nitrogens is 1. The molecule has 112 valence electrons. The summed E-state index contributed by atoms with van der Waals surface area (Å²) in [7, 11) is 0. The Morgan fingerprint density at radius 3 is 3.00 bits per heavy atom. The number of carbonyl (C=O) groups is 1. The first-order chi connectivity index (χ1) is 10.0. The Morgan fingerprint density at radius 2 is 2.24 bits per heavy atom. The fourth-order valence-electron chi connectivity index (χ4n) is 2.57. The van der Waals surface area contributed by atoms with Crippen molar-refractivity contribution in [3.63, 3.8) is 0 Å². The number of anilines is 1. The minimum Gasteiger partial charge on any atom is -0.316 e. The molecule has 4 nitrogen and oxygen atoms in total. The molecule has 1 aromatic heterocycles. The lowest BCUT2D eigenvalue weighted by atomic mass is 9.91. The Hall–Kier alpha value is -1.60. The van der Waals surface area contributed by atoms with Crippen LogP contribution in [0.1, 0.15) is 13.3 Å². The second-order valence-electron chi connectivity index (χ2n) is 5.44. The third kappa shape index (κ3) is 3.03. The number of rotatable bonds is 2. The van der Waals surface area contributed by atoms with E-state index in [1.54, 1.807) is 0 Å². The van der Waals surface area contributed by atoms with Gasteiger partial charge < -0.3 is 10.6 Å². The number of hydrogen-bond acceptors (Lipinski definition) is 4. The second-order valence-corrected chi connectivity index (χ2v) is 6.47. The molecule has 1 aliphatic heterocycles. The second kappa shape index (κ2) is 5.65. The summed E-state index contributed by atoms with van der Waals surface area (Å²) in [5.41, 5.74) is 0.0897. The molecule has 2 aromatic rings. The Labute approximate surface area is 124 Å². The number of carbonyl (C=O) groups excluding carboxylic acids is 1. The van der Waals surface area contributed by atoms with Gasteiger partial charge in [-0.3, -0.25) is 4.79 Å². The predicted octanol–water partition coefficient (Wildman–Crippen LogP) is 2.76. The van der Waals surface area contributed by atoms with E-state index in [0.29, 0.717) is 22.3 Å². The zero-order valence-electron chi connectivity index (χ0n) is 11.5. The van der Waals surface area contributed by atoms with E-state index in [1.807, 2.05) is 0 Å². The van der Waals surface area contributed by atoms with Crippen LogP contribution in [0, 0.1) is 23.5 Å². The molecule has 1 saturated heterocycles. The molecule has 1 aliphatic rings. The van der Waals surface area contributed by atoms with Crippen LogP contribution in [0.2, 0.25) is 0 Å². The number of fused-ring (bicyclic) bond motifs is 1. The molecule has 2 N–H and O–H groups in total. The maximum atomic E-state index is 13.6. The Kier molecular flexibility index (Phi) is 3.86. The SMILES string of the molecule is CC1CNCC(C(=O)Nc2nc3c(F)cc(F)cc3s2)C1. The lowest BCUT2D eigenvalue weighted by Crippen LogP contribution is -2.40. The normalized spacial score (nSPS) is 22.4. The van der Waals surface area contributed by atoms with Gasteiger partial charge in [0.15, 0.2) is 10.9 Å². The molecule has 2 unspecified atom stereocenters. The maximum Gasteiger partial charge on any atom is 0.230 e. The monoisotopic (exact) mass is 311 g/mol. The van der Waals surface area contributed by atoms with E-state index in [0.717, 1.165) is 30.4 Å². The molecule has 1 amide bonds. The molecular formula is C14H15F2N3OS. The summed E-state index contributed by atoms with van der Waals surface area (Å²) in [5.74, 6) is -1.17. The van der Waals surface area contributed by atoms with Crippen LogP contribution in [-0.4, -0.2) is 24.0 Å². The average Bonchev–Trinajstić information content (AvgIpc) is 2.81. The maximum absolute atomic E-state index is 13.6. The molecule has 2 heterocycles. The first-order valence-corrected chi connectivity index (χ1v) is 7.61. The number of piperidine rings is 1. The van der Waals surface area contributed by atoms with Gasteiger partial charge in [0.2, 0.25) is 5.91 Å². The van der Waals surface area contributed by atoms with Crippen molar-refractivity contribution < 1.29 is 13.6 Å². The van der Waals surface area contributed by atoms with Crippen LogP contribution in [-0.2, 0) is 4.79 Å². The number of halogens is 2.